The van der Waals surface area contributed by atoms with Crippen molar-refractivity contribution in [3.63, 3.8) is 0 Å². The highest BCUT2D eigenvalue weighted by molar-refractivity contribution is 6.02. The standard InChI is InChI=1S/C19H23F2N3O2/c1-12-5-7-13(8-6-12)24(2)19(25)23-15-9-10-16(26-18(20)21)17-14(15)4-3-11-22-17/h3-4,9-13,18H,5-8H2,1-2H3,(H,23,25). The molecule has 7 heteroatoms. The Morgan fingerprint density at radius 1 is 1.27 bits per heavy atom. The summed E-state index contributed by atoms with van der Waals surface area (Å²) in [6, 6.07) is 6.39. The third kappa shape index (κ3) is 4.03. The highest BCUT2D eigenvalue weighted by Crippen LogP contribution is 2.32. The van der Waals surface area contributed by atoms with E-state index in [1.54, 1.807) is 30.1 Å². The molecule has 1 fully saturated rings. The lowest BCUT2D eigenvalue weighted by Gasteiger charge is -2.33. The van der Waals surface area contributed by atoms with Crippen LogP contribution in [-0.2, 0) is 0 Å². The van der Waals surface area contributed by atoms with Crippen LogP contribution in [0.3, 0.4) is 0 Å². The number of ether oxygens (including phenoxy) is 1. The number of aromatic nitrogens is 1. The number of fused-ring (bicyclic) bond motifs is 1. The Labute approximate surface area is 151 Å². The van der Waals surface area contributed by atoms with Gasteiger partial charge < -0.3 is 15.0 Å². The van der Waals surface area contributed by atoms with Crippen LogP contribution in [0.25, 0.3) is 10.9 Å². The summed E-state index contributed by atoms with van der Waals surface area (Å²) in [5.74, 6) is 0.698. The minimum atomic E-state index is -2.93. The number of benzene rings is 1. The monoisotopic (exact) mass is 363 g/mol. The zero-order valence-corrected chi connectivity index (χ0v) is 14.9. The van der Waals surface area contributed by atoms with Crippen molar-refractivity contribution in [3.05, 3.63) is 30.5 Å². The predicted octanol–water partition coefficient (Wildman–Crippen LogP) is 4.88. The van der Waals surface area contributed by atoms with Gasteiger partial charge >= 0.3 is 12.6 Å². The number of urea groups is 1. The molecular formula is C19H23F2N3O2. The van der Waals surface area contributed by atoms with Crippen LogP contribution in [0.2, 0.25) is 0 Å². The molecule has 1 heterocycles. The number of carbonyl (C=O) groups is 1. The molecule has 2 amide bonds. The number of halogens is 2. The van der Waals surface area contributed by atoms with E-state index in [2.05, 4.69) is 22.0 Å². The molecule has 26 heavy (non-hydrogen) atoms. The van der Waals surface area contributed by atoms with E-state index in [4.69, 9.17) is 0 Å². The zero-order valence-electron chi connectivity index (χ0n) is 14.9. The van der Waals surface area contributed by atoms with Crippen LogP contribution in [0.5, 0.6) is 5.75 Å². The quantitative estimate of drug-likeness (QED) is 0.842. The highest BCUT2D eigenvalue weighted by Gasteiger charge is 2.25. The minimum absolute atomic E-state index is 0.0109. The number of carbonyl (C=O) groups excluding carboxylic acids is 1. The number of nitrogens with one attached hydrogen (secondary N) is 1. The van der Waals surface area contributed by atoms with E-state index in [-0.39, 0.29) is 17.8 Å². The van der Waals surface area contributed by atoms with Gasteiger partial charge in [0.05, 0.1) is 5.69 Å². The van der Waals surface area contributed by atoms with E-state index in [9.17, 15) is 13.6 Å². The van der Waals surface area contributed by atoms with Crippen LogP contribution in [0.15, 0.2) is 30.5 Å². The van der Waals surface area contributed by atoms with Gasteiger partial charge in [-0.15, -0.1) is 0 Å². The van der Waals surface area contributed by atoms with E-state index >= 15 is 0 Å². The normalized spacial score (nSPS) is 20.2. The number of alkyl halides is 2. The molecule has 0 bridgehead atoms. The summed E-state index contributed by atoms with van der Waals surface area (Å²) in [6.07, 6.45) is 5.73. The van der Waals surface area contributed by atoms with E-state index in [0.29, 0.717) is 22.5 Å². The number of rotatable bonds is 4. The maximum atomic E-state index is 12.6. The maximum Gasteiger partial charge on any atom is 0.387 e. The van der Waals surface area contributed by atoms with E-state index in [1.807, 2.05) is 0 Å². The first-order chi connectivity index (χ1) is 12.5. The molecule has 0 saturated heterocycles. The second-order valence-corrected chi connectivity index (χ2v) is 6.84. The first-order valence-corrected chi connectivity index (χ1v) is 8.82. The van der Waals surface area contributed by atoms with Gasteiger partial charge in [-0.2, -0.15) is 8.78 Å². The van der Waals surface area contributed by atoms with Crippen LogP contribution in [-0.4, -0.2) is 35.6 Å². The van der Waals surface area contributed by atoms with Crippen molar-refractivity contribution in [1.29, 1.82) is 0 Å². The van der Waals surface area contributed by atoms with Crippen molar-refractivity contribution < 1.29 is 18.3 Å². The fourth-order valence-electron chi connectivity index (χ4n) is 3.45. The molecule has 1 aromatic heterocycles. The average Bonchev–Trinajstić information content (AvgIpc) is 2.63. The Hall–Kier alpha value is -2.44. The molecule has 2 aromatic rings. The Balaban J connectivity index is 1.79. The predicted molar refractivity (Wildman–Crippen MR) is 96.6 cm³/mol. The van der Waals surface area contributed by atoms with Gasteiger partial charge in [0.25, 0.3) is 0 Å². The lowest BCUT2D eigenvalue weighted by Crippen LogP contribution is -2.41. The van der Waals surface area contributed by atoms with Crippen LogP contribution in [0, 0.1) is 5.92 Å². The van der Waals surface area contributed by atoms with Gasteiger partial charge in [0, 0.05) is 24.7 Å². The van der Waals surface area contributed by atoms with Crippen molar-refractivity contribution in [2.45, 2.75) is 45.3 Å². The van der Waals surface area contributed by atoms with Gasteiger partial charge in [-0.1, -0.05) is 6.92 Å². The topological polar surface area (TPSA) is 54.5 Å². The summed E-state index contributed by atoms with van der Waals surface area (Å²) in [5.41, 5.74) is 0.815. The van der Waals surface area contributed by atoms with E-state index < -0.39 is 6.61 Å². The van der Waals surface area contributed by atoms with Gasteiger partial charge in [-0.3, -0.25) is 4.98 Å². The van der Waals surface area contributed by atoms with Crippen molar-refractivity contribution >= 4 is 22.6 Å². The molecule has 3 rings (SSSR count). The zero-order chi connectivity index (χ0) is 18.7. The second-order valence-electron chi connectivity index (χ2n) is 6.84. The largest absolute Gasteiger partial charge is 0.432 e. The van der Waals surface area contributed by atoms with Gasteiger partial charge in [-0.25, -0.2) is 4.79 Å². The molecule has 0 atom stereocenters. The number of pyridine rings is 1. The molecule has 0 spiro atoms. The molecule has 0 unspecified atom stereocenters. The molecule has 5 nitrogen and oxygen atoms in total. The van der Waals surface area contributed by atoms with Crippen LogP contribution < -0.4 is 10.1 Å². The maximum absolute atomic E-state index is 12.6. The molecule has 0 aliphatic heterocycles. The SMILES string of the molecule is CC1CCC(N(C)C(=O)Nc2ccc(OC(F)F)c3ncccc23)CC1. The van der Waals surface area contributed by atoms with Crippen LogP contribution >= 0.6 is 0 Å². The first-order valence-electron chi connectivity index (χ1n) is 8.82. The Bertz CT molecular complexity index is 776. The second kappa shape index (κ2) is 7.85. The lowest BCUT2D eigenvalue weighted by atomic mass is 9.87. The molecular weight excluding hydrogens is 340 g/mol. The summed E-state index contributed by atoms with van der Waals surface area (Å²) >= 11 is 0. The highest BCUT2D eigenvalue weighted by atomic mass is 19.3. The number of hydrogen-bond acceptors (Lipinski definition) is 3. The van der Waals surface area contributed by atoms with E-state index in [1.165, 1.54) is 12.3 Å². The summed E-state index contributed by atoms with van der Waals surface area (Å²) in [4.78, 5) is 18.5. The molecule has 140 valence electrons. The summed E-state index contributed by atoms with van der Waals surface area (Å²) in [7, 11) is 1.80. The Morgan fingerprint density at radius 3 is 2.69 bits per heavy atom. The number of anilines is 1. The fraction of sp³-hybridized carbons (Fsp3) is 0.474. The number of hydrogen-bond donors (Lipinski definition) is 1. The smallest absolute Gasteiger partial charge is 0.387 e. The summed E-state index contributed by atoms with van der Waals surface area (Å²) in [5, 5.41) is 3.44. The van der Waals surface area contributed by atoms with Gasteiger partial charge in [0.2, 0.25) is 0 Å². The number of nitrogens with zero attached hydrogens (tertiary/aromatic N) is 2. The third-order valence-electron chi connectivity index (χ3n) is 5.04. The summed E-state index contributed by atoms with van der Waals surface area (Å²) in [6.45, 7) is -0.696. The van der Waals surface area contributed by atoms with Crippen LogP contribution in [0.1, 0.15) is 32.6 Å². The van der Waals surface area contributed by atoms with Crippen LogP contribution in [0.4, 0.5) is 19.3 Å². The minimum Gasteiger partial charge on any atom is -0.432 e. The molecule has 1 aliphatic rings. The molecule has 1 N–H and O–H groups in total. The van der Waals surface area contributed by atoms with Crippen molar-refractivity contribution in [2.24, 2.45) is 5.92 Å². The first kappa shape index (κ1) is 18.4. The molecule has 0 radical (unpaired) electrons. The van der Waals surface area contributed by atoms with Gasteiger partial charge in [-0.05, 0) is 55.9 Å². The lowest BCUT2D eigenvalue weighted by molar-refractivity contribution is -0.0489. The van der Waals surface area contributed by atoms with Crippen molar-refractivity contribution in [3.8, 4) is 5.75 Å². The van der Waals surface area contributed by atoms with Gasteiger partial charge in [0.1, 0.15) is 5.52 Å². The summed E-state index contributed by atoms with van der Waals surface area (Å²) < 4.78 is 29.7. The Kier molecular flexibility index (Phi) is 5.54. The van der Waals surface area contributed by atoms with Gasteiger partial charge in [0.15, 0.2) is 5.75 Å². The fourth-order valence-corrected chi connectivity index (χ4v) is 3.45. The third-order valence-corrected chi connectivity index (χ3v) is 5.04. The van der Waals surface area contributed by atoms with Crippen molar-refractivity contribution in [1.82, 2.24) is 9.88 Å². The van der Waals surface area contributed by atoms with E-state index in [0.717, 1.165) is 25.7 Å². The average molecular weight is 363 g/mol. The molecule has 1 aliphatic carbocycles. The van der Waals surface area contributed by atoms with Crippen molar-refractivity contribution in [2.75, 3.05) is 12.4 Å². The molecule has 1 saturated carbocycles. The molecule has 1 aromatic carbocycles. The number of amides is 2. The Morgan fingerprint density at radius 2 is 2.00 bits per heavy atom.